The van der Waals surface area contributed by atoms with Gasteiger partial charge < -0.3 is 4.74 Å². The minimum atomic E-state index is -0.129. The summed E-state index contributed by atoms with van der Waals surface area (Å²) in [7, 11) is 1.64. The van der Waals surface area contributed by atoms with Crippen molar-refractivity contribution >= 4 is 32.6 Å². The zero-order valence-electron chi connectivity index (χ0n) is 16.0. The highest BCUT2D eigenvalue weighted by molar-refractivity contribution is 7.22. The number of thiazole rings is 1. The number of nitrogens with zero attached hydrogens (tertiary/aromatic N) is 1. The molecule has 1 N–H and O–H groups in total. The predicted octanol–water partition coefficient (Wildman–Crippen LogP) is 6.07. The highest BCUT2D eigenvalue weighted by atomic mass is 32.1. The van der Waals surface area contributed by atoms with E-state index in [4.69, 9.17) is 4.74 Å². The second-order valence-corrected chi connectivity index (χ2v) is 7.70. The van der Waals surface area contributed by atoms with Gasteiger partial charge >= 0.3 is 0 Å². The first-order valence-corrected chi connectivity index (χ1v) is 10.4. The van der Waals surface area contributed by atoms with E-state index in [9.17, 15) is 4.79 Å². The molecule has 0 aliphatic carbocycles. The number of benzene rings is 2. The van der Waals surface area contributed by atoms with Crippen molar-refractivity contribution in [2.75, 3.05) is 12.4 Å². The Morgan fingerprint density at radius 1 is 1.07 bits per heavy atom. The molecule has 0 saturated heterocycles. The lowest BCUT2D eigenvalue weighted by Gasteiger charge is -2.04. The summed E-state index contributed by atoms with van der Waals surface area (Å²) >= 11 is 1.45. The van der Waals surface area contributed by atoms with Crippen molar-refractivity contribution in [2.24, 2.45) is 0 Å². The third-order valence-corrected chi connectivity index (χ3v) is 5.53. The summed E-state index contributed by atoms with van der Waals surface area (Å²) in [6.45, 7) is 2.23. The molecular formula is C22H26N2O2S. The first-order chi connectivity index (χ1) is 13.2. The van der Waals surface area contributed by atoms with Gasteiger partial charge in [-0.3, -0.25) is 10.1 Å². The van der Waals surface area contributed by atoms with Gasteiger partial charge in [0.05, 0.1) is 17.3 Å². The fourth-order valence-corrected chi connectivity index (χ4v) is 3.90. The molecule has 27 heavy (non-hydrogen) atoms. The Bertz CT molecular complexity index is 887. The molecule has 0 atom stereocenters. The SMILES string of the molecule is CCCCCCCc1ccc(C(=O)Nc2nc3ccc(OC)cc3s2)cc1. The number of nitrogens with one attached hydrogen (secondary N) is 1. The zero-order valence-corrected chi connectivity index (χ0v) is 16.8. The summed E-state index contributed by atoms with van der Waals surface area (Å²) in [5.41, 5.74) is 2.80. The number of amides is 1. The number of carbonyl (C=O) groups is 1. The molecule has 0 aliphatic heterocycles. The van der Waals surface area contributed by atoms with E-state index >= 15 is 0 Å². The van der Waals surface area contributed by atoms with Crippen LogP contribution >= 0.6 is 11.3 Å². The van der Waals surface area contributed by atoms with E-state index in [2.05, 4.69) is 29.4 Å². The van der Waals surface area contributed by atoms with Crippen molar-refractivity contribution in [3.63, 3.8) is 0 Å². The summed E-state index contributed by atoms with van der Waals surface area (Å²) < 4.78 is 6.22. The third kappa shape index (κ3) is 5.30. The van der Waals surface area contributed by atoms with E-state index in [1.54, 1.807) is 7.11 Å². The quantitative estimate of drug-likeness (QED) is 0.457. The first-order valence-electron chi connectivity index (χ1n) is 9.54. The standard InChI is InChI=1S/C22H26N2O2S/c1-3-4-5-6-7-8-16-9-11-17(12-10-16)21(25)24-22-23-19-14-13-18(26-2)15-20(19)27-22/h9-15H,3-8H2,1-2H3,(H,23,24,25). The molecule has 0 unspecified atom stereocenters. The van der Waals surface area contributed by atoms with E-state index in [1.165, 1.54) is 49.0 Å². The molecule has 5 heteroatoms. The number of unbranched alkanes of at least 4 members (excludes halogenated alkanes) is 4. The number of carbonyl (C=O) groups excluding carboxylic acids is 1. The Morgan fingerprint density at radius 3 is 2.59 bits per heavy atom. The topological polar surface area (TPSA) is 51.2 Å². The second kappa shape index (κ2) is 9.51. The number of methoxy groups -OCH3 is 1. The molecule has 2 aromatic carbocycles. The number of ether oxygens (including phenoxy) is 1. The molecule has 1 amide bonds. The summed E-state index contributed by atoms with van der Waals surface area (Å²) in [5, 5.41) is 3.50. The van der Waals surface area contributed by atoms with E-state index in [0.29, 0.717) is 10.7 Å². The highest BCUT2D eigenvalue weighted by Gasteiger charge is 2.10. The maximum Gasteiger partial charge on any atom is 0.257 e. The molecule has 3 aromatic rings. The second-order valence-electron chi connectivity index (χ2n) is 6.67. The molecule has 0 aliphatic rings. The van der Waals surface area contributed by atoms with Gasteiger partial charge in [-0.1, -0.05) is 56.1 Å². The average molecular weight is 383 g/mol. The smallest absolute Gasteiger partial charge is 0.257 e. The van der Waals surface area contributed by atoms with Crippen LogP contribution in [0.5, 0.6) is 5.75 Å². The lowest BCUT2D eigenvalue weighted by atomic mass is 10.0. The minimum absolute atomic E-state index is 0.129. The minimum Gasteiger partial charge on any atom is -0.497 e. The van der Waals surface area contributed by atoms with Crippen LogP contribution in [0, 0.1) is 0 Å². The molecule has 3 rings (SSSR count). The molecule has 0 saturated carbocycles. The Morgan fingerprint density at radius 2 is 1.85 bits per heavy atom. The van der Waals surface area contributed by atoms with Crippen LogP contribution in [0.15, 0.2) is 42.5 Å². The Hall–Kier alpha value is -2.40. The van der Waals surface area contributed by atoms with Gasteiger partial charge in [-0.05, 0) is 48.7 Å². The number of aryl methyl sites for hydroxylation is 1. The predicted molar refractivity (Wildman–Crippen MR) is 113 cm³/mol. The van der Waals surface area contributed by atoms with Gasteiger partial charge in [-0.2, -0.15) is 0 Å². The Balaban J connectivity index is 1.57. The number of hydrogen-bond donors (Lipinski definition) is 1. The molecule has 0 bridgehead atoms. The number of rotatable bonds is 9. The van der Waals surface area contributed by atoms with E-state index in [-0.39, 0.29) is 5.91 Å². The molecule has 4 nitrogen and oxygen atoms in total. The van der Waals surface area contributed by atoms with Crippen LogP contribution in [-0.4, -0.2) is 18.0 Å². The van der Waals surface area contributed by atoms with Gasteiger partial charge in [0.25, 0.3) is 5.91 Å². The van der Waals surface area contributed by atoms with Crippen LogP contribution in [0.3, 0.4) is 0 Å². The van der Waals surface area contributed by atoms with Crippen molar-refractivity contribution in [2.45, 2.75) is 45.4 Å². The Kier molecular flexibility index (Phi) is 6.82. The van der Waals surface area contributed by atoms with Crippen molar-refractivity contribution in [3.8, 4) is 5.75 Å². The fraction of sp³-hybridized carbons (Fsp3) is 0.364. The fourth-order valence-electron chi connectivity index (χ4n) is 3.01. The summed E-state index contributed by atoms with van der Waals surface area (Å²) in [4.78, 5) is 17.0. The number of anilines is 1. The van der Waals surface area contributed by atoms with E-state index < -0.39 is 0 Å². The van der Waals surface area contributed by atoms with Crippen LogP contribution in [0.25, 0.3) is 10.2 Å². The Labute approximate surface area is 164 Å². The highest BCUT2D eigenvalue weighted by Crippen LogP contribution is 2.29. The van der Waals surface area contributed by atoms with E-state index in [1.807, 2.05) is 30.3 Å². The zero-order chi connectivity index (χ0) is 19.1. The van der Waals surface area contributed by atoms with Gasteiger partial charge in [0, 0.05) is 5.56 Å². The number of hydrogen-bond acceptors (Lipinski definition) is 4. The van der Waals surface area contributed by atoms with Gasteiger partial charge in [-0.15, -0.1) is 0 Å². The number of aromatic nitrogens is 1. The van der Waals surface area contributed by atoms with Crippen molar-refractivity contribution in [3.05, 3.63) is 53.6 Å². The third-order valence-electron chi connectivity index (χ3n) is 4.60. The van der Waals surface area contributed by atoms with Crippen LogP contribution < -0.4 is 10.1 Å². The van der Waals surface area contributed by atoms with Crippen LogP contribution in [0.4, 0.5) is 5.13 Å². The van der Waals surface area contributed by atoms with Gasteiger partial charge in [0.1, 0.15) is 5.75 Å². The van der Waals surface area contributed by atoms with Crippen molar-refractivity contribution in [1.29, 1.82) is 0 Å². The van der Waals surface area contributed by atoms with Gasteiger partial charge in [0.2, 0.25) is 0 Å². The van der Waals surface area contributed by atoms with Crippen molar-refractivity contribution in [1.82, 2.24) is 4.98 Å². The van der Waals surface area contributed by atoms with Crippen molar-refractivity contribution < 1.29 is 9.53 Å². The molecule has 142 valence electrons. The number of fused-ring (bicyclic) bond motifs is 1. The molecule has 1 aromatic heterocycles. The monoisotopic (exact) mass is 382 g/mol. The molecule has 0 fully saturated rings. The first kappa shape index (κ1) is 19.4. The van der Waals surface area contributed by atoms with E-state index in [0.717, 1.165) is 22.4 Å². The maximum absolute atomic E-state index is 12.5. The summed E-state index contributed by atoms with van der Waals surface area (Å²) in [6, 6.07) is 13.6. The van der Waals surface area contributed by atoms with Gasteiger partial charge in [-0.25, -0.2) is 4.98 Å². The molecule has 0 spiro atoms. The largest absolute Gasteiger partial charge is 0.497 e. The molecule has 1 heterocycles. The lowest BCUT2D eigenvalue weighted by Crippen LogP contribution is -2.11. The van der Waals surface area contributed by atoms with Crippen LogP contribution in [0.1, 0.15) is 54.9 Å². The lowest BCUT2D eigenvalue weighted by molar-refractivity contribution is 0.102. The van der Waals surface area contributed by atoms with Crippen LogP contribution in [-0.2, 0) is 6.42 Å². The summed E-state index contributed by atoms with van der Waals surface area (Å²) in [6.07, 6.45) is 7.46. The molecule has 0 radical (unpaired) electrons. The van der Waals surface area contributed by atoms with Crippen LogP contribution in [0.2, 0.25) is 0 Å². The normalized spacial score (nSPS) is 10.9. The molecular weight excluding hydrogens is 356 g/mol. The maximum atomic E-state index is 12.5. The summed E-state index contributed by atoms with van der Waals surface area (Å²) in [5.74, 6) is 0.657. The van der Waals surface area contributed by atoms with Gasteiger partial charge in [0.15, 0.2) is 5.13 Å². The average Bonchev–Trinajstić information content (AvgIpc) is 3.09.